The van der Waals surface area contributed by atoms with E-state index in [0.29, 0.717) is 30.4 Å². The topological polar surface area (TPSA) is 91.3 Å². The van der Waals surface area contributed by atoms with E-state index in [0.717, 1.165) is 23.7 Å². The number of amides is 1. The first-order valence-electron chi connectivity index (χ1n) is 7.80. The van der Waals surface area contributed by atoms with Gasteiger partial charge in [-0.25, -0.2) is 4.98 Å². The highest BCUT2D eigenvalue weighted by atomic mass is 16.4. The molecule has 2 aromatic rings. The third-order valence-electron chi connectivity index (χ3n) is 3.75. The third kappa shape index (κ3) is 3.97. The lowest BCUT2D eigenvalue weighted by Gasteiger charge is -2.11. The molecule has 1 aromatic heterocycles. The molecule has 3 rings (SSSR count). The zero-order valence-corrected chi connectivity index (χ0v) is 12.7. The monoisotopic (exact) mass is 313 g/mol. The van der Waals surface area contributed by atoms with Crippen LogP contribution in [0.15, 0.2) is 30.3 Å². The van der Waals surface area contributed by atoms with Crippen molar-refractivity contribution in [2.45, 2.75) is 31.7 Å². The molecular weight excluding hydrogens is 294 g/mol. The maximum Gasteiger partial charge on any atom is 0.303 e. The molecule has 0 bridgehead atoms. The van der Waals surface area contributed by atoms with Crippen molar-refractivity contribution >= 4 is 28.6 Å². The van der Waals surface area contributed by atoms with Gasteiger partial charge in [0.15, 0.2) is 0 Å². The molecule has 1 saturated carbocycles. The van der Waals surface area contributed by atoms with E-state index in [1.165, 1.54) is 0 Å². The SMILES string of the molecule is O=C(O)CCCNc1cc(C(=O)NC2CC2)c2ccccc2n1. The molecule has 0 unspecified atom stereocenters. The second-order valence-corrected chi connectivity index (χ2v) is 5.74. The van der Waals surface area contributed by atoms with Gasteiger partial charge in [0.1, 0.15) is 5.82 Å². The van der Waals surface area contributed by atoms with Crippen molar-refractivity contribution in [3.63, 3.8) is 0 Å². The Labute approximate surface area is 133 Å². The summed E-state index contributed by atoms with van der Waals surface area (Å²) in [5.41, 5.74) is 1.35. The molecule has 0 aliphatic heterocycles. The van der Waals surface area contributed by atoms with Crippen LogP contribution in [-0.4, -0.2) is 34.6 Å². The molecule has 1 amide bonds. The molecular formula is C17H19N3O3. The van der Waals surface area contributed by atoms with Gasteiger partial charge in [-0.2, -0.15) is 0 Å². The van der Waals surface area contributed by atoms with E-state index in [4.69, 9.17) is 5.11 Å². The minimum atomic E-state index is -0.817. The van der Waals surface area contributed by atoms with Crippen LogP contribution in [-0.2, 0) is 4.79 Å². The van der Waals surface area contributed by atoms with Gasteiger partial charge in [-0.1, -0.05) is 18.2 Å². The molecule has 1 fully saturated rings. The highest BCUT2D eigenvalue weighted by Crippen LogP contribution is 2.24. The lowest BCUT2D eigenvalue weighted by Crippen LogP contribution is -2.25. The first-order valence-corrected chi connectivity index (χ1v) is 7.80. The quantitative estimate of drug-likeness (QED) is 0.683. The van der Waals surface area contributed by atoms with Crippen LogP contribution in [0.1, 0.15) is 36.0 Å². The third-order valence-corrected chi connectivity index (χ3v) is 3.75. The summed E-state index contributed by atoms with van der Waals surface area (Å²) >= 11 is 0. The van der Waals surface area contributed by atoms with Crippen molar-refractivity contribution in [1.82, 2.24) is 10.3 Å². The van der Waals surface area contributed by atoms with Crippen molar-refractivity contribution in [2.24, 2.45) is 0 Å². The molecule has 0 radical (unpaired) electrons. The second-order valence-electron chi connectivity index (χ2n) is 5.74. The van der Waals surface area contributed by atoms with Crippen LogP contribution in [0.5, 0.6) is 0 Å². The fraction of sp³-hybridized carbons (Fsp3) is 0.353. The number of nitrogens with one attached hydrogen (secondary N) is 2. The normalized spacial score (nSPS) is 13.7. The Kier molecular flexibility index (Phi) is 4.41. The summed E-state index contributed by atoms with van der Waals surface area (Å²) in [5.74, 6) is -0.308. The van der Waals surface area contributed by atoms with E-state index in [2.05, 4.69) is 15.6 Å². The second kappa shape index (κ2) is 6.64. The molecule has 3 N–H and O–H groups in total. The van der Waals surface area contributed by atoms with Crippen LogP contribution < -0.4 is 10.6 Å². The Bertz CT molecular complexity index is 741. The Morgan fingerprint density at radius 3 is 2.78 bits per heavy atom. The van der Waals surface area contributed by atoms with Gasteiger partial charge in [-0.05, 0) is 31.4 Å². The van der Waals surface area contributed by atoms with Gasteiger partial charge < -0.3 is 15.7 Å². The molecule has 6 nitrogen and oxygen atoms in total. The predicted octanol–water partition coefficient (Wildman–Crippen LogP) is 2.40. The number of hydrogen-bond acceptors (Lipinski definition) is 4. The van der Waals surface area contributed by atoms with Gasteiger partial charge in [-0.3, -0.25) is 9.59 Å². The van der Waals surface area contributed by atoms with E-state index in [9.17, 15) is 9.59 Å². The number of para-hydroxylation sites is 1. The molecule has 120 valence electrons. The number of benzene rings is 1. The number of carbonyl (C=O) groups is 2. The van der Waals surface area contributed by atoms with E-state index in [1.807, 2.05) is 24.3 Å². The predicted molar refractivity (Wildman–Crippen MR) is 87.6 cm³/mol. The van der Waals surface area contributed by atoms with E-state index in [1.54, 1.807) is 6.07 Å². The Morgan fingerprint density at radius 1 is 1.26 bits per heavy atom. The highest BCUT2D eigenvalue weighted by molar-refractivity contribution is 6.07. The van der Waals surface area contributed by atoms with Crippen LogP contribution in [0.3, 0.4) is 0 Å². The fourth-order valence-corrected chi connectivity index (χ4v) is 2.40. The Morgan fingerprint density at radius 2 is 2.04 bits per heavy atom. The standard InChI is InChI=1S/C17H19N3O3/c21-16(22)6-3-9-18-15-10-13(17(23)19-11-7-8-11)12-4-1-2-5-14(12)20-15/h1-2,4-5,10-11H,3,6-9H2,(H,18,20)(H,19,23)(H,21,22). The van der Waals surface area contributed by atoms with Crippen LogP contribution in [0.4, 0.5) is 5.82 Å². The van der Waals surface area contributed by atoms with Crippen molar-refractivity contribution in [1.29, 1.82) is 0 Å². The van der Waals surface area contributed by atoms with Crippen LogP contribution in [0.2, 0.25) is 0 Å². The molecule has 23 heavy (non-hydrogen) atoms. The van der Waals surface area contributed by atoms with E-state index < -0.39 is 5.97 Å². The number of rotatable bonds is 7. The molecule has 1 aromatic carbocycles. The van der Waals surface area contributed by atoms with Crippen LogP contribution in [0.25, 0.3) is 10.9 Å². The van der Waals surface area contributed by atoms with Gasteiger partial charge >= 0.3 is 5.97 Å². The van der Waals surface area contributed by atoms with Crippen molar-refractivity contribution in [3.05, 3.63) is 35.9 Å². The van der Waals surface area contributed by atoms with E-state index in [-0.39, 0.29) is 12.3 Å². The summed E-state index contributed by atoms with van der Waals surface area (Å²) in [5, 5.41) is 15.6. The fourth-order valence-electron chi connectivity index (χ4n) is 2.40. The number of aliphatic carboxylic acids is 1. The summed E-state index contributed by atoms with van der Waals surface area (Å²) < 4.78 is 0. The zero-order chi connectivity index (χ0) is 16.2. The van der Waals surface area contributed by atoms with Crippen LogP contribution >= 0.6 is 0 Å². The maximum atomic E-state index is 12.4. The minimum Gasteiger partial charge on any atom is -0.481 e. The van der Waals surface area contributed by atoms with E-state index >= 15 is 0 Å². The van der Waals surface area contributed by atoms with Crippen molar-refractivity contribution < 1.29 is 14.7 Å². The number of nitrogens with zero attached hydrogens (tertiary/aromatic N) is 1. The first kappa shape index (κ1) is 15.3. The largest absolute Gasteiger partial charge is 0.481 e. The van der Waals surface area contributed by atoms with Gasteiger partial charge in [0, 0.05) is 24.4 Å². The lowest BCUT2D eigenvalue weighted by atomic mass is 10.1. The molecule has 1 aliphatic rings. The van der Waals surface area contributed by atoms with Gasteiger partial charge in [0.25, 0.3) is 5.91 Å². The van der Waals surface area contributed by atoms with Crippen molar-refractivity contribution in [2.75, 3.05) is 11.9 Å². The number of carboxylic acids is 1. The number of hydrogen-bond donors (Lipinski definition) is 3. The maximum absolute atomic E-state index is 12.4. The number of carbonyl (C=O) groups excluding carboxylic acids is 1. The summed E-state index contributed by atoms with van der Waals surface area (Å²) in [6.45, 7) is 0.501. The number of aromatic nitrogens is 1. The average molecular weight is 313 g/mol. The molecule has 0 spiro atoms. The van der Waals surface area contributed by atoms with Crippen molar-refractivity contribution in [3.8, 4) is 0 Å². The lowest BCUT2D eigenvalue weighted by molar-refractivity contribution is -0.137. The zero-order valence-electron chi connectivity index (χ0n) is 12.7. The minimum absolute atomic E-state index is 0.0836. The number of carboxylic acid groups (broad SMARTS) is 1. The average Bonchev–Trinajstić information content (AvgIpc) is 3.34. The number of anilines is 1. The Balaban J connectivity index is 1.81. The summed E-state index contributed by atoms with van der Waals surface area (Å²) in [4.78, 5) is 27.5. The Hall–Kier alpha value is -2.63. The molecule has 6 heteroatoms. The first-order chi connectivity index (χ1) is 11.1. The molecule has 0 saturated heterocycles. The number of pyridine rings is 1. The molecule has 1 heterocycles. The summed E-state index contributed by atoms with van der Waals surface area (Å²) in [6, 6.07) is 9.55. The number of fused-ring (bicyclic) bond motifs is 1. The summed E-state index contributed by atoms with van der Waals surface area (Å²) in [6.07, 6.45) is 2.69. The van der Waals surface area contributed by atoms with Crippen LogP contribution in [0, 0.1) is 0 Å². The van der Waals surface area contributed by atoms with Gasteiger partial charge in [0.05, 0.1) is 11.1 Å². The smallest absolute Gasteiger partial charge is 0.303 e. The van der Waals surface area contributed by atoms with Gasteiger partial charge in [0.2, 0.25) is 0 Å². The highest BCUT2D eigenvalue weighted by Gasteiger charge is 2.24. The summed E-state index contributed by atoms with van der Waals surface area (Å²) in [7, 11) is 0. The molecule has 0 atom stereocenters. The molecule has 1 aliphatic carbocycles. The van der Waals surface area contributed by atoms with Gasteiger partial charge in [-0.15, -0.1) is 0 Å².